The zero-order chi connectivity index (χ0) is 26.6. The predicted octanol–water partition coefficient (Wildman–Crippen LogP) is 4.33. The maximum atomic E-state index is 5.97. The van der Waals surface area contributed by atoms with Crippen LogP contribution in [0.25, 0.3) is 0 Å². The summed E-state index contributed by atoms with van der Waals surface area (Å²) >= 11 is 0. The third-order valence-corrected chi connectivity index (χ3v) is 8.28. The minimum Gasteiger partial charge on any atom is -0.495 e. The summed E-state index contributed by atoms with van der Waals surface area (Å²) in [5.74, 6) is 2.33. The molecule has 0 bridgehead atoms. The summed E-state index contributed by atoms with van der Waals surface area (Å²) in [5.41, 5.74) is 3.30. The number of ether oxygens (including phenoxy) is 1. The van der Waals surface area contributed by atoms with Gasteiger partial charge in [0, 0.05) is 69.6 Å². The lowest BCUT2D eigenvalue weighted by Crippen LogP contribution is -2.52. The monoisotopic (exact) mass is 529 g/mol. The van der Waals surface area contributed by atoms with Crippen LogP contribution in [0.5, 0.6) is 5.75 Å². The van der Waals surface area contributed by atoms with Crippen molar-refractivity contribution in [3.05, 3.63) is 66.5 Å². The van der Waals surface area contributed by atoms with Crippen LogP contribution in [-0.4, -0.2) is 85.8 Å². The van der Waals surface area contributed by atoms with Gasteiger partial charge in [0.1, 0.15) is 17.9 Å². The van der Waals surface area contributed by atoms with Gasteiger partial charge in [0.15, 0.2) is 5.82 Å². The van der Waals surface area contributed by atoms with E-state index in [1.54, 1.807) is 13.4 Å². The summed E-state index contributed by atoms with van der Waals surface area (Å²) in [6.45, 7) is 7.49. The number of hydroxylamine groups is 1. The van der Waals surface area contributed by atoms with Crippen molar-refractivity contribution in [2.45, 2.75) is 31.3 Å². The molecule has 6 rings (SSSR count). The third kappa shape index (κ3) is 5.80. The minimum atomic E-state index is 0.133. The summed E-state index contributed by atoms with van der Waals surface area (Å²) < 4.78 is 5.84. The molecule has 0 saturated carbocycles. The molecule has 3 saturated heterocycles. The Kier molecular flexibility index (Phi) is 7.81. The summed E-state index contributed by atoms with van der Waals surface area (Å²) in [6.07, 6.45) is 4.89. The molecule has 3 aromatic rings. The molecule has 39 heavy (non-hydrogen) atoms. The molecular weight excluding hydrogens is 490 g/mol. The standard InChI is InChI=1S/C30H39N7O2/c1-34-15-17-35(18-16-34)25-10-13-36(14-11-25)27-9-8-24(20-28(27)38-2)33-29-21-30(32-22-31-29)37-26(12-19-39-37)23-6-4-3-5-7-23/h3-9,20-22,25-26H,10-19H2,1-2H3,(H,31,32,33). The van der Waals surface area contributed by atoms with E-state index in [0.717, 1.165) is 42.5 Å². The summed E-state index contributed by atoms with van der Waals surface area (Å²) in [6, 6.07) is 19.5. The molecule has 3 aliphatic rings. The molecule has 1 atom stereocenters. The molecule has 3 fully saturated rings. The number of nitrogens with zero attached hydrogens (tertiary/aromatic N) is 6. The van der Waals surface area contributed by atoms with E-state index >= 15 is 0 Å². The van der Waals surface area contributed by atoms with Crippen LogP contribution in [0.15, 0.2) is 60.9 Å². The molecule has 4 heterocycles. The van der Waals surface area contributed by atoms with E-state index in [2.05, 4.69) is 79.5 Å². The SMILES string of the molecule is COc1cc(Nc2cc(N3OCCC3c3ccccc3)ncn2)ccc1N1CCC(N2CCN(C)CC2)CC1. The lowest BCUT2D eigenvalue weighted by atomic mass is 10.0. The van der Waals surface area contributed by atoms with Crippen LogP contribution in [0.3, 0.4) is 0 Å². The van der Waals surface area contributed by atoms with E-state index in [4.69, 9.17) is 9.57 Å². The van der Waals surface area contributed by atoms with Gasteiger partial charge in [0.05, 0.1) is 25.4 Å². The van der Waals surface area contributed by atoms with Gasteiger partial charge in [-0.1, -0.05) is 30.3 Å². The Hall–Kier alpha value is -3.40. The first kappa shape index (κ1) is 25.9. The largest absolute Gasteiger partial charge is 0.495 e. The summed E-state index contributed by atoms with van der Waals surface area (Å²) in [5, 5.41) is 5.34. The lowest BCUT2D eigenvalue weighted by Gasteiger charge is -2.42. The molecule has 9 nitrogen and oxygen atoms in total. The van der Waals surface area contributed by atoms with Gasteiger partial charge in [-0.15, -0.1) is 0 Å². The van der Waals surface area contributed by atoms with Gasteiger partial charge in [0.2, 0.25) is 0 Å². The number of aromatic nitrogens is 2. The number of rotatable bonds is 7. The third-order valence-electron chi connectivity index (χ3n) is 8.28. The maximum Gasteiger partial charge on any atom is 0.158 e. The normalized spacial score (nSPS) is 21.3. The summed E-state index contributed by atoms with van der Waals surface area (Å²) in [7, 11) is 3.97. The van der Waals surface area contributed by atoms with E-state index in [1.807, 2.05) is 17.2 Å². The molecular formula is C30H39N7O2. The lowest BCUT2D eigenvalue weighted by molar-refractivity contribution is 0.0981. The highest BCUT2D eigenvalue weighted by atomic mass is 16.7. The first-order valence-corrected chi connectivity index (χ1v) is 14.1. The molecule has 9 heteroatoms. The first-order chi connectivity index (χ1) is 19.2. The zero-order valence-electron chi connectivity index (χ0n) is 23.0. The van der Waals surface area contributed by atoms with E-state index < -0.39 is 0 Å². The van der Waals surface area contributed by atoms with Gasteiger partial charge < -0.3 is 19.9 Å². The van der Waals surface area contributed by atoms with Crippen molar-refractivity contribution < 1.29 is 9.57 Å². The van der Waals surface area contributed by atoms with E-state index in [9.17, 15) is 0 Å². The van der Waals surface area contributed by atoms with E-state index in [1.165, 1.54) is 44.6 Å². The molecule has 3 aliphatic heterocycles. The predicted molar refractivity (Wildman–Crippen MR) is 155 cm³/mol. The highest BCUT2D eigenvalue weighted by molar-refractivity contribution is 5.69. The molecule has 1 aromatic heterocycles. The second-order valence-corrected chi connectivity index (χ2v) is 10.7. The molecule has 0 aliphatic carbocycles. The van der Waals surface area contributed by atoms with Crippen LogP contribution >= 0.6 is 0 Å². The first-order valence-electron chi connectivity index (χ1n) is 14.1. The molecule has 0 radical (unpaired) electrons. The van der Waals surface area contributed by atoms with E-state index in [0.29, 0.717) is 18.5 Å². The topological polar surface area (TPSA) is 69.2 Å². The van der Waals surface area contributed by atoms with Gasteiger partial charge in [-0.3, -0.25) is 9.74 Å². The van der Waals surface area contributed by atoms with Gasteiger partial charge in [-0.05, 0) is 37.6 Å². The Balaban J connectivity index is 1.11. The van der Waals surface area contributed by atoms with Crippen molar-refractivity contribution in [2.75, 3.05) is 75.3 Å². The van der Waals surface area contributed by atoms with Gasteiger partial charge in [-0.25, -0.2) is 15.0 Å². The quantitative estimate of drug-likeness (QED) is 0.482. The number of hydrogen-bond donors (Lipinski definition) is 1. The number of hydrogen-bond acceptors (Lipinski definition) is 9. The fourth-order valence-electron chi connectivity index (χ4n) is 6.03. The van der Waals surface area contributed by atoms with Gasteiger partial charge >= 0.3 is 0 Å². The fourth-order valence-corrected chi connectivity index (χ4v) is 6.03. The molecule has 0 amide bonds. The maximum absolute atomic E-state index is 5.97. The Morgan fingerprint density at radius 3 is 2.46 bits per heavy atom. The van der Waals surface area contributed by atoms with Crippen molar-refractivity contribution in [3.8, 4) is 5.75 Å². The second-order valence-electron chi connectivity index (χ2n) is 10.7. The summed E-state index contributed by atoms with van der Waals surface area (Å²) in [4.78, 5) is 22.5. The van der Waals surface area contributed by atoms with Crippen molar-refractivity contribution in [1.29, 1.82) is 0 Å². The van der Waals surface area contributed by atoms with Crippen LogP contribution in [0.2, 0.25) is 0 Å². The van der Waals surface area contributed by atoms with Crippen molar-refractivity contribution >= 4 is 23.0 Å². The molecule has 0 spiro atoms. The minimum absolute atomic E-state index is 0.133. The number of piperazine rings is 1. The number of anilines is 4. The average Bonchev–Trinajstić information content (AvgIpc) is 3.49. The Morgan fingerprint density at radius 1 is 0.897 bits per heavy atom. The Morgan fingerprint density at radius 2 is 1.69 bits per heavy atom. The van der Waals surface area contributed by atoms with Crippen LogP contribution < -0.4 is 20.0 Å². The van der Waals surface area contributed by atoms with Crippen LogP contribution in [0, 0.1) is 0 Å². The smallest absolute Gasteiger partial charge is 0.158 e. The van der Waals surface area contributed by atoms with Crippen molar-refractivity contribution in [2.24, 2.45) is 0 Å². The van der Waals surface area contributed by atoms with Gasteiger partial charge in [0.25, 0.3) is 0 Å². The number of benzene rings is 2. The Bertz CT molecular complexity index is 1230. The molecule has 1 unspecified atom stereocenters. The molecule has 1 N–H and O–H groups in total. The van der Waals surface area contributed by atoms with Crippen molar-refractivity contribution in [3.63, 3.8) is 0 Å². The number of likely N-dealkylation sites (N-methyl/N-ethyl adjacent to an activating group) is 1. The zero-order valence-corrected chi connectivity index (χ0v) is 23.0. The van der Waals surface area contributed by atoms with Crippen LogP contribution in [0.4, 0.5) is 23.0 Å². The van der Waals surface area contributed by atoms with E-state index in [-0.39, 0.29) is 6.04 Å². The number of methoxy groups -OCH3 is 1. The van der Waals surface area contributed by atoms with Crippen LogP contribution in [0.1, 0.15) is 30.9 Å². The number of nitrogens with one attached hydrogen (secondary N) is 1. The van der Waals surface area contributed by atoms with Crippen LogP contribution in [-0.2, 0) is 4.84 Å². The van der Waals surface area contributed by atoms with Gasteiger partial charge in [-0.2, -0.15) is 0 Å². The number of piperidine rings is 1. The second kappa shape index (κ2) is 11.8. The highest BCUT2D eigenvalue weighted by Gasteiger charge is 2.30. The molecule has 206 valence electrons. The Labute approximate surface area is 231 Å². The van der Waals surface area contributed by atoms with Crippen molar-refractivity contribution in [1.82, 2.24) is 19.8 Å². The average molecular weight is 530 g/mol. The molecule has 2 aromatic carbocycles. The fraction of sp³-hybridized carbons (Fsp3) is 0.467. The highest BCUT2D eigenvalue weighted by Crippen LogP contribution is 2.36.